The topological polar surface area (TPSA) is 113 Å². The van der Waals surface area contributed by atoms with Gasteiger partial charge in [0.15, 0.2) is 5.16 Å². The quantitative estimate of drug-likeness (QED) is 0.504. The molecule has 2 aromatic rings. The summed E-state index contributed by atoms with van der Waals surface area (Å²) in [6.07, 6.45) is 0. The summed E-state index contributed by atoms with van der Waals surface area (Å²) in [4.78, 5) is 30.4. The number of H-pyrrole nitrogens is 1. The average molecular weight is 307 g/mol. The van der Waals surface area contributed by atoms with Crippen LogP contribution >= 0.6 is 11.8 Å². The molecule has 1 heterocycles. The van der Waals surface area contributed by atoms with Gasteiger partial charge >= 0.3 is 6.03 Å². The number of nitrogens with two attached hydrogens (primary N) is 1. The molecule has 0 unspecified atom stereocenters. The summed E-state index contributed by atoms with van der Waals surface area (Å²) in [6.45, 7) is 3.64. The maximum Gasteiger partial charge on any atom is 0.321 e. The number of carbonyl (C=O) groups excluding carboxylic acids is 2. The molecule has 8 heteroatoms. The molecule has 1 aromatic carbocycles. The van der Waals surface area contributed by atoms with E-state index in [1.54, 1.807) is 18.2 Å². The highest BCUT2D eigenvalue weighted by Crippen LogP contribution is 2.20. The van der Waals surface area contributed by atoms with Crippen LogP contribution < -0.4 is 16.4 Å². The zero-order valence-electron chi connectivity index (χ0n) is 11.8. The number of rotatable bonds is 4. The van der Waals surface area contributed by atoms with Crippen LogP contribution in [0.1, 0.15) is 13.8 Å². The largest absolute Gasteiger partial charge is 0.399 e. The molecule has 21 heavy (non-hydrogen) atoms. The Labute approximate surface area is 126 Å². The van der Waals surface area contributed by atoms with E-state index in [4.69, 9.17) is 5.73 Å². The maximum atomic E-state index is 11.6. The smallest absolute Gasteiger partial charge is 0.321 e. The van der Waals surface area contributed by atoms with Crippen LogP contribution in [-0.2, 0) is 4.79 Å². The summed E-state index contributed by atoms with van der Waals surface area (Å²) >= 11 is 1.22. The second-order valence-corrected chi connectivity index (χ2v) is 5.75. The molecule has 0 radical (unpaired) electrons. The third-order valence-electron chi connectivity index (χ3n) is 2.50. The van der Waals surface area contributed by atoms with Gasteiger partial charge in [-0.1, -0.05) is 11.8 Å². The van der Waals surface area contributed by atoms with E-state index >= 15 is 0 Å². The molecule has 0 bridgehead atoms. The van der Waals surface area contributed by atoms with Gasteiger partial charge in [-0.05, 0) is 32.0 Å². The van der Waals surface area contributed by atoms with Crippen molar-refractivity contribution in [1.82, 2.24) is 20.6 Å². The lowest BCUT2D eigenvalue weighted by Gasteiger charge is -2.08. The average Bonchev–Trinajstić information content (AvgIpc) is 2.77. The fraction of sp³-hybridized carbons (Fsp3) is 0.308. The van der Waals surface area contributed by atoms with Gasteiger partial charge in [-0.25, -0.2) is 9.78 Å². The van der Waals surface area contributed by atoms with Gasteiger partial charge in [0.25, 0.3) is 0 Å². The van der Waals surface area contributed by atoms with E-state index in [0.29, 0.717) is 10.8 Å². The predicted octanol–water partition coefficient (Wildman–Crippen LogP) is 1.47. The first-order valence-electron chi connectivity index (χ1n) is 6.42. The minimum Gasteiger partial charge on any atom is -0.399 e. The highest BCUT2D eigenvalue weighted by molar-refractivity contribution is 7.99. The number of nitrogens with zero attached hydrogens (tertiary/aromatic N) is 1. The van der Waals surface area contributed by atoms with Crippen LogP contribution in [0.15, 0.2) is 23.4 Å². The molecule has 0 aliphatic carbocycles. The second kappa shape index (κ2) is 6.49. The minimum atomic E-state index is -0.493. The molecular weight excluding hydrogens is 290 g/mol. The van der Waals surface area contributed by atoms with Gasteiger partial charge in [-0.15, -0.1) is 0 Å². The number of urea groups is 1. The molecule has 0 saturated carbocycles. The van der Waals surface area contributed by atoms with Crippen molar-refractivity contribution < 1.29 is 9.59 Å². The molecule has 1 aromatic heterocycles. The third-order valence-corrected chi connectivity index (χ3v) is 3.37. The molecule has 7 nitrogen and oxygen atoms in total. The molecule has 0 spiro atoms. The minimum absolute atomic E-state index is 0.0220. The highest BCUT2D eigenvalue weighted by atomic mass is 32.2. The Morgan fingerprint density at radius 1 is 1.43 bits per heavy atom. The Hall–Kier alpha value is -2.22. The van der Waals surface area contributed by atoms with E-state index in [1.165, 1.54) is 11.8 Å². The first kappa shape index (κ1) is 15.2. The number of aromatic amines is 1. The number of hydrogen-bond donors (Lipinski definition) is 4. The number of imide groups is 1. The van der Waals surface area contributed by atoms with E-state index in [0.717, 1.165) is 11.0 Å². The molecule has 0 saturated heterocycles. The van der Waals surface area contributed by atoms with Crippen molar-refractivity contribution in [3.05, 3.63) is 18.2 Å². The Bertz CT molecular complexity index is 668. The predicted molar refractivity (Wildman–Crippen MR) is 83.0 cm³/mol. The summed E-state index contributed by atoms with van der Waals surface area (Å²) in [5.74, 6) is -0.279. The Balaban J connectivity index is 1.89. The van der Waals surface area contributed by atoms with Crippen LogP contribution in [-0.4, -0.2) is 33.7 Å². The normalized spacial score (nSPS) is 10.8. The van der Waals surface area contributed by atoms with E-state index in [1.807, 2.05) is 13.8 Å². The molecule has 0 fully saturated rings. The zero-order valence-corrected chi connectivity index (χ0v) is 12.6. The van der Waals surface area contributed by atoms with Crippen molar-refractivity contribution in [3.63, 3.8) is 0 Å². The molecule has 0 aliphatic heterocycles. The number of nitrogen functional groups attached to an aromatic ring is 1. The van der Waals surface area contributed by atoms with Crippen LogP contribution in [0, 0.1) is 0 Å². The van der Waals surface area contributed by atoms with Crippen molar-refractivity contribution in [3.8, 4) is 0 Å². The van der Waals surface area contributed by atoms with Crippen LogP contribution in [0.25, 0.3) is 11.0 Å². The fourth-order valence-electron chi connectivity index (χ4n) is 1.67. The molecule has 0 aliphatic rings. The molecule has 0 atom stereocenters. The first-order chi connectivity index (χ1) is 9.94. The molecule has 112 valence electrons. The summed E-state index contributed by atoms with van der Waals surface area (Å²) in [6, 6.07) is 4.84. The number of thioether (sulfide) groups is 1. The Kier molecular flexibility index (Phi) is 4.69. The summed E-state index contributed by atoms with van der Waals surface area (Å²) in [5.41, 5.74) is 7.93. The van der Waals surface area contributed by atoms with Crippen LogP contribution in [0.3, 0.4) is 0 Å². The van der Waals surface area contributed by atoms with E-state index in [9.17, 15) is 9.59 Å². The van der Waals surface area contributed by atoms with Gasteiger partial charge < -0.3 is 16.0 Å². The lowest BCUT2D eigenvalue weighted by Crippen LogP contribution is -2.43. The van der Waals surface area contributed by atoms with Crippen molar-refractivity contribution in [2.24, 2.45) is 0 Å². The first-order valence-corrected chi connectivity index (χ1v) is 7.41. The fourth-order valence-corrected chi connectivity index (χ4v) is 2.35. The lowest BCUT2D eigenvalue weighted by atomic mass is 10.3. The number of aromatic nitrogens is 2. The molecular formula is C13H17N5O2S. The summed E-state index contributed by atoms with van der Waals surface area (Å²) in [5, 5.41) is 5.44. The SMILES string of the molecule is CC(C)NC(=O)NC(=O)CSc1nc2ccc(N)cc2[nH]1. The van der Waals surface area contributed by atoms with E-state index in [2.05, 4.69) is 20.6 Å². The third kappa shape index (κ3) is 4.38. The maximum absolute atomic E-state index is 11.6. The molecule has 2 rings (SSSR count). The van der Waals surface area contributed by atoms with Crippen molar-refractivity contribution >= 4 is 40.4 Å². The van der Waals surface area contributed by atoms with Crippen molar-refractivity contribution in [2.45, 2.75) is 25.0 Å². The standard InChI is InChI=1S/C13H17N5O2S/c1-7(2)15-12(20)18-11(19)6-21-13-16-9-4-3-8(14)5-10(9)17-13/h3-5,7H,6,14H2,1-2H3,(H,16,17)(H2,15,18,19,20). The number of fused-ring (bicyclic) bond motifs is 1. The van der Waals surface area contributed by atoms with Crippen molar-refractivity contribution in [1.29, 1.82) is 0 Å². The van der Waals surface area contributed by atoms with E-state index in [-0.39, 0.29) is 17.7 Å². The van der Waals surface area contributed by atoms with Crippen LogP contribution in [0.4, 0.5) is 10.5 Å². The summed E-state index contributed by atoms with van der Waals surface area (Å²) in [7, 11) is 0. The highest BCUT2D eigenvalue weighted by Gasteiger charge is 2.10. The monoisotopic (exact) mass is 307 g/mol. The Morgan fingerprint density at radius 3 is 2.90 bits per heavy atom. The van der Waals surface area contributed by atoms with Crippen molar-refractivity contribution in [2.75, 3.05) is 11.5 Å². The van der Waals surface area contributed by atoms with Crippen LogP contribution in [0.5, 0.6) is 0 Å². The second-order valence-electron chi connectivity index (χ2n) is 4.78. The molecule has 3 amide bonds. The number of amides is 3. The molecule has 5 N–H and O–H groups in total. The van der Waals surface area contributed by atoms with Crippen LogP contribution in [0.2, 0.25) is 0 Å². The number of hydrogen-bond acceptors (Lipinski definition) is 5. The summed E-state index contributed by atoms with van der Waals surface area (Å²) < 4.78 is 0. The van der Waals surface area contributed by atoms with Gasteiger partial charge in [0, 0.05) is 11.7 Å². The van der Waals surface area contributed by atoms with Gasteiger partial charge in [-0.2, -0.15) is 0 Å². The van der Waals surface area contributed by atoms with Gasteiger partial charge in [0.1, 0.15) is 0 Å². The van der Waals surface area contributed by atoms with Gasteiger partial charge in [0.05, 0.1) is 16.8 Å². The van der Waals surface area contributed by atoms with Gasteiger partial charge in [0.2, 0.25) is 5.91 Å². The number of anilines is 1. The Morgan fingerprint density at radius 2 is 2.19 bits per heavy atom. The number of carbonyl (C=O) groups is 2. The van der Waals surface area contributed by atoms with Gasteiger partial charge in [-0.3, -0.25) is 10.1 Å². The number of benzene rings is 1. The van der Waals surface area contributed by atoms with E-state index < -0.39 is 6.03 Å². The lowest BCUT2D eigenvalue weighted by molar-refractivity contribution is -0.117. The number of nitrogens with one attached hydrogen (secondary N) is 3. The number of imidazole rings is 1. The zero-order chi connectivity index (χ0) is 15.4.